The van der Waals surface area contributed by atoms with Crippen molar-refractivity contribution in [3.63, 3.8) is 0 Å². The molecule has 0 amide bonds. The van der Waals surface area contributed by atoms with Crippen molar-refractivity contribution >= 4 is 11.6 Å². The maximum absolute atomic E-state index is 13.1. The zero-order valence-corrected chi connectivity index (χ0v) is 11.0. The van der Waals surface area contributed by atoms with Crippen LogP contribution in [0, 0.1) is 0 Å². The first-order valence-electron chi connectivity index (χ1n) is 6.00. The molecule has 0 fully saturated rings. The minimum Gasteiger partial charge on any atom is -0.309 e. The fraction of sp³-hybridized carbons (Fsp3) is 0.214. The third kappa shape index (κ3) is 2.27. The van der Waals surface area contributed by atoms with Crippen molar-refractivity contribution in [2.75, 3.05) is 0 Å². The van der Waals surface area contributed by atoms with Crippen LogP contribution < -0.4 is 5.32 Å². The summed E-state index contributed by atoms with van der Waals surface area (Å²) in [5.74, 6) is 0. The maximum atomic E-state index is 13.1. The van der Waals surface area contributed by atoms with E-state index in [0.29, 0.717) is 12.1 Å². The van der Waals surface area contributed by atoms with Crippen LogP contribution in [0.2, 0.25) is 5.02 Å². The first-order valence-corrected chi connectivity index (χ1v) is 6.38. The number of rotatable bonds is 1. The van der Waals surface area contributed by atoms with E-state index in [1.807, 2.05) is 6.07 Å². The number of fused-ring (bicyclic) bond motifs is 1. The third-order valence-corrected chi connectivity index (χ3v) is 3.62. The molecule has 0 atom stereocenters. The fourth-order valence-corrected chi connectivity index (χ4v) is 2.66. The zero-order valence-electron chi connectivity index (χ0n) is 10.3. The first-order chi connectivity index (χ1) is 9.47. The summed E-state index contributed by atoms with van der Waals surface area (Å²) in [7, 11) is 0. The van der Waals surface area contributed by atoms with E-state index in [0.717, 1.165) is 23.9 Å². The van der Waals surface area contributed by atoms with Gasteiger partial charge in [0.1, 0.15) is 0 Å². The largest absolute Gasteiger partial charge is 0.418 e. The molecule has 104 valence electrons. The quantitative estimate of drug-likeness (QED) is 0.860. The Morgan fingerprint density at radius 2 is 1.85 bits per heavy atom. The molecule has 0 radical (unpaired) electrons. The van der Waals surface area contributed by atoms with Crippen LogP contribution in [0.25, 0.3) is 11.1 Å². The van der Waals surface area contributed by atoms with E-state index in [9.17, 15) is 13.2 Å². The average Bonchev–Trinajstić information content (AvgIpc) is 2.84. The van der Waals surface area contributed by atoms with Crippen LogP contribution in [0.3, 0.4) is 0 Å². The Balaban J connectivity index is 2.19. The summed E-state index contributed by atoms with van der Waals surface area (Å²) in [6.45, 7) is 1.40. The van der Waals surface area contributed by atoms with Crippen LogP contribution in [-0.4, -0.2) is 4.98 Å². The number of aromatic nitrogens is 1. The molecule has 2 heterocycles. The molecule has 0 unspecified atom stereocenters. The highest BCUT2D eigenvalue weighted by atomic mass is 35.5. The highest BCUT2D eigenvalue weighted by Crippen LogP contribution is 2.40. The van der Waals surface area contributed by atoms with Crippen molar-refractivity contribution in [3.8, 4) is 11.1 Å². The number of hydrogen-bond acceptors (Lipinski definition) is 2. The normalized spacial score (nSPS) is 14.4. The number of pyridine rings is 1. The monoisotopic (exact) mass is 298 g/mol. The lowest BCUT2D eigenvalue weighted by Gasteiger charge is -2.14. The molecule has 3 rings (SSSR count). The lowest BCUT2D eigenvalue weighted by molar-refractivity contribution is -0.137. The molecular weight excluding hydrogens is 289 g/mol. The van der Waals surface area contributed by atoms with Gasteiger partial charge in [-0.1, -0.05) is 23.7 Å². The number of nitrogens with one attached hydrogen (secondary N) is 1. The first kappa shape index (κ1) is 13.4. The van der Waals surface area contributed by atoms with Gasteiger partial charge in [0.2, 0.25) is 0 Å². The van der Waals surface area contributed by atoms with Crippen LogP contribution in [0.15, 0.2) is 30.6 Å². The second-order valence-electron chi connectivity index (χ2n) is 4.63. The third-order valence-electron chi connectivity index (χ3n) is 3.33. The summed E-state index contributed by atoms with van der Waals surface area (Å²) in [5, 5.41) is 3.16. The minimum atomic E-state index is -4.48. The van der Waals surface area contributed by atoms with Gasteiger partial charge in [0, 0.05) is 31.0 Å². The Morgan fingerprint density at radius 3 is 2.60 bits per heavy atom. The molecular formula is C14H10ClF3N2. The van der Waals surface area contributed by atoms with Crippen molar-refractivity contribution in [1.29, 1.82) is 0 Å². The predicted octanol–water partition coefficient (Wildman–Crippen LogP) is 4.02. The SMILES string of the molecule is FC(F)(F)c1cncc(Cl)c1-c1ccc2c(c1)CNC2. The van der Waals surface area contributed by atoms with Gasteiger partial charge in [0.15, 0.2) is 0 Å². The molecule has 6 heteroatoms. The molecule has 2 nitrogen and oxygen atoms in total. The van der Waals surface area contributed by atoms with Gasteiger partial charge in [-0.05, 0) is 22.8 Å². The van der Waals surface area contributed by atoms with Crippen molar-refractivity contribution in [2.24, 2.45) is 0 Å². The van der Waals surface area contributed by atoms with Crippen LogP contribution in [-0.2, 0) is 19.3 Å². The van der Waals surface area contributed by atoms with Crippen LogP contribution in [0.1, 0.15) is 16.7 Å². The van der Waals surface area contributed by atoms with Crippen LogP contribution >= 0.6 is 11.6 Å². The molecule has 1 aromatic heterocycles. The lowest BCUT2D eigenvalue weighted by atomic mass is 9.97. The highest BCUT2D eigenvalue weighted by Gasteiger charge is 2.35. The summed E-state index contributed by atoms with van der Waals surface area (Å²) >= 11 is 5.94. The molecule has 0 saturated carbocycles. The van der Waals surface area contributed by atoms with E-state index >= 15 is 0 Å². The molecule has 1 N–H and O–H groups in total. The molecule has 0 saturated heterocycles. The van der Waals surface area contributed by atoms with Gasteiger partial charge >= 0.3 is 6.18 Å². The zero-order chi connectivity index (χ0) is 14.3. The van der Waals surface area contributed by atoms with Gasteiger partial charge in [0.25, 0.3) is 0 Å². The van der Waals surface area contributed by atoms with E-state index in [2.05, 4.69) is 10.3 Å². The van der Waals surface area contributed by atoms with Gasteiger partial charge in [-0.3, -0.25) is 4.98 Å². The Morgan fingerprint density at radius 1 is 1.10 bits per heavy atom. The molecule has 0 spiro atoms. The van der Waals surface area contributed by atoms with Crippen molar-refractivity contribution in [1.82, 2.24) is 10.3 Å². The van der Waals surface area contributed by atoms with E-state index in [-0.39, 0.29) is 10.6 Å². The van der Waals surface area contributed by atoms with Crippen molar-refractivity contribution < 1.29 is 13.2 Å². The summed E-state index contributed by atoms with van der Waals surface area (Å²) < 4.78 is 39.2. The minimum absolute atomic E-state index is 0.00531. The molecule has 20 heavy (non-hydrogen) atoms. The van der Waals surface area contributed by atoms with Gasteiger partial charge in [-0.2, -0.15) is 13.2 Å². The molecule has 0 aliphatic carbocycles. The van der Waals surface area contributed by atoms with E-state index in [4.69, 9.17) is 11.6 Å². The fourth-order valence-electron chi connectivity index (χ4n) is 2.39. The van der Waals surface area contributed by atoms with E-state index < -0.39 is 11.7 Å². The van der Waals surface area contributed by atoms with Crippen molar-refractivity contribution in [3.05, 3.63) is 52.3 Å². The number of hydrogen-bond donors (Lipinski definition) is 1. The van der Waals surface area contributed by atoms with Gasteiger partial charge in [0.05, 0.1) is 10.6 Å². The summed E-state index contributed by atoms with van der Waals surface area (Å²) in [6.07, 6.45) is -2.44. The Kier molecular flexibility index (Phi) is 3.18. The van der Waals surface area contributed by atoms with E-state index in [1.165, 1.54) is 6.20 Å². The molecule has 2 aromatic rings. The topological polar surface area (TPSA) is 24.9 Å². The molecule has 1 aliphatic rings. The number of alkyl halides is 3. The van der Waals surface area contributed by atoms with Crippen LogP contribution in [0.5, 0.6) is 0 Å². The highest BCUT2D eigenvalue weighted by molar-refractivity contribution is 6.33. The average molecular weight is 299 g/mol. The Bertz CT molecular complexity index is 668. The molecule has 1 aliphatic heterocycles. The van der Waals surface area contributed by atoms with Gasteiger partial charge in [-0.15, -0.1) is 0 Å². The lowest BCUT2D eigenvalue weighted by Crippen LogP contribution is -2.08. The molecule has 0 bridgehead atoms. The second kappa shape index (κ2) is 4.75. The molecule has 1 aromatic carbocycles. The smallest absolute Gasteiger partial charge is 0.309 e. The number of benzene rings is 1. The Labute approximate surface area is 118 Å². The summed E-state index contributed by atoms with van der Waals surface area (Å²) in [5.41, 5.74) is 1.75. The van der Waals surface area contributed by atoms with Gasteiger partial charge in [-0.25, -0.2) is 0 Å². The second-order valence-corrected chi connectivity index (χ2v) is 5.04. The summed E-state index contributed by atoms with van der Waals surface area (Å²) in [6, 6.07) is 5.26. The number of halogens is 4. The number of nitrogens with zero attached hydrogens (tertiary/aromatic N) is 1. The standard InChI is InChI=1S/C14H10ClF3N2/c15-12-7-20-6-11(14(16,17)18)13(12)8-1-2-9-4-19-5-10(9)3-8/h1-3,6-7,19H,4-5H2. The maximum Gasteiger partial charge on any atom is 0.418 e. The Hall–Kier alpha value is -1.59. The van der Waals surface area contributed by atoms with E-state index in [1.54, 1.807) is 12.1 Å². The van der Waals surface area contributed by atoms with Gasteiger partial charge < -0.3 is 5.32 Å². The summed E-state index contributed by atoms with van der Waals surface area (Å²) in [4.78, 5) is 3.55. The van der Waals surface area contributed by atoms with Crippen LogP contribution in [0.4, 0.5) is 13.2 Å². The predicted molar refractivity (Wildman–Crippen MR) is 70.2 cm³/mol. The van der Waals surface area contributed by atoms with Crippen molar-refractivity contribution in [2.45, 2.75) is 19.3 Å².